The Morgan fingerprint density at radius 2 is 2.09 bits per heavy atom. The summed E-state index contributed by atoms with van der Waals surface area (Å²) in [5.41, 5.74) is 5.26. The summed E-state index contributed by atoms with van der Waals surface area (Å²) >= 11 is 1.65. The average molecular weight is 330 g/mol. The molecule has 1 aromatic heterocycles. The Kier molecular flexibility index (Phi) is 5.71. The molecule has 1 aromatic carbocycles. The lowest BCUT2D eigenvalue weighted by atomic mass is 9.93. The minimum atomic E-state index is -0.358. The molecule has 0 bridgehead atoms. The fourth-order valence-electron chi connectivity index (χ4n) is 2.48. The Bertz CT molecular complexity index is 688. The molecule has 2 aromatic rings. The van der Waals surface area contributed by atoms with Crippen LogP contribution in [0.2, 0.25) is 0 Å². The fourth-order valence-corrected chi connectivity index (χ4v) is 3.19. The zero-order valence-electron chi connectivity index (χ0n) is 14.9. The third-order valence-electron chi connectivity index (χ3n) is 4.17. The van der Waals surface area contributed by atoms with Crippen LogP contribution < -0.4 is 0 Å². The number of nitrogens with zero attached hydrogens (tertiary/aromatic N) is 2. The standard InChI is InChI=1S/C19H26N2OS/c1-7-8-13(2)21-17-12-15(19(4,5)22-6)11-16(14(17)3)18-20-9-10-23-18/h9-12H,7-8H2,1-6H3/b21-13-. The second-order valence-electron chi connectivity index (χ2n) is 6.32. The highest BCUT2D eigenvalue weighted by molar-refractivity contribution is 7.13. The molecular formula is C19H26N2OS. The van der Waals surface area contributed by atoms with Crippen molar-refractivity contribution < 1.29 is 4.74 Å². The van der Waals surface area contributed by atoms with Crippen LogP contribution in [0.15, 0.2) is 28.7 Å². The molecule has 1 heterocycles. The highest BCUT2D eigenvalue weighted by Crippen LogP contribution is 2.37. The molecule has 0 radical (unpaired) electrons. The van der Waals surface area contributed by atoms with Gasteiger partial charge >= 0.3 is 0 Å². The van der Waals surface area contributed by atoms with Crippen LogP contribution in [-0.4, -0.2) is 17.8 Å². The van der Waals surface area contributed by atoms with Gasteiger partial charge in [-0.15, -0.1) is 11.3 Å². The Hall–Kier alpha value is -1.52. The SMILES string of the molecule is CCC/C(C)=N\c1cc(C(C)(C)OC)cc(-c2nccs2)c1C. The Labute approximate surface area is 143 Å². The van der Waals surface area contributed by atoms with Gasteiger partial charge in [-0.2, -0.15) is 0 Å². The van der Waals surface area contributed by atoms with E-state index in [-0.39, 0.29) is 5.60 Å². The van der Waals surface area contributed by atoms with E-state index in [0.717, 1.165) is 40.4 Å². The van der Waals surface area contributed by atoms with Crippen molar-refractivity contribution >= 4 is 22.7 Å². The van der Waals surface area contributed by atoms with Crippen molar-refractivity contribution in [2.75, 3.05) is 7.11 Å². The van der Waals surface area contributed by atoms with Gasteiger partial charge in [-0.25, -0.2) is 4.98 Å². The van der Waals surface area contributed by atoms with Crippen LogP contribution in [-0.2, 0) is 10.3 Å². The predicted octanol–water partition coefficient (Wildman–Crippen LogP) is 5.89. The fraction of sp³-hybridized carbons (Fsp3) is 0.474. The number of thiazole rings is 1. The lowest BCUT2D eigenvalue weighted by molar-refractivity contribution is 0.0193. The topological polar surface area (TPSA) is 34.5 Å². The van der Waals surface area contributed by atoms with E-state index in [1.165, 1.54) is 5.56 Å². The zero-order valence-corrected chi connectivity index (χ0v) is 15.8. The van der Waals surface area contributed by atoms with Crippen molar-refractivity contribution in [3.05, 3.63) is 34.8 Å². The van der Waals surface area contributed by atoms with Crippen LogP contribution in [0.25, 0.3) is 10.6 Å². The van der Waals surface area contributed by atoms with E-state index in [0.29, 0.717) is 0 Å². The maximum Gasteiger partial charge on any atom is 0.123 e. The third-order valence-corrected chi connectivity index (χ3v) is 4.98. The first-order valence-electron chi connectivity index (χ1n) is 8.03. The second-order valence-corrected chi connectivity index (χ2v) is 7.21. The van der Waals surface area contributed by atoms with Gasteiger partial charge in [0.25, 0.3) is 0 Å². The number of methoxy groups -OCH3 is 1. The second kappa shape index (κ2) is 7.37. The van der Waals surface area contributed by atoms with Crippen molar-refractivity contribution in [1.82, 2.24) is 4.98 Å². The molecular weight excluding hydrogens is 304 g/mol. The monoisotopic (exact) mass is 330 g/mol. The van der Waals surface area contributed by atoms with Crippen molar-refractivity contribution in [2.24, 2.45) is 4.99 Å². The summed E-state index contributed by atoms with van der Waals surface area (Å²) in [6.07, 6.45) is 3.97. The zero-order chi connectivity index (χ0) is 17.0. The summed E-state index contributed by atoms with van der Waals surface area (Å²) in [5.74, 6) is 0. The summed E-state index contributed by atoms with van der Waals surface area (Å²) in [4.78, 5) is 9.35. The highest BCUT2D eigenvalue weighted by atomic mass is 32.1. The van der Waals surface area contributed by atoms with Gasteiger partial charge in [0.2, 0.25) is 0 Å². The van der Waals surface area contributed by atoms with E-state index in [9.17, 15) is 0 Å². The quantitative estimate of drug-likeness (QED) is 0.619. The number of aliphatic imine (C=N–C) groups is 1. The molecule has 0 N–H and O–H groups in total. The molecule has 0 fully saturated rings. The van der Waals surface area contributed by atoms with Crippen LogP contribution in [0.3, 0.4) is 0 Å². The van der Waals surface area contributed by atoms with Gasteiger partial charge < -0.3 is 4.74 Å². The molecule has 0 saturated carbocycles. The molecule has 3 nitrogen and oxygen atoms in total. The van der Waals surface area contributed by atoms with Gasteiger partial charge in [-0.1, -0.05) is 13.3 Å². The Balaban J connectivity index is 2.64. The van der Waals surface area contributed by atoms with Crippen LogP contribution in [0.1, 0.15) is 51.7 Å². The van der Waals surface area contributed by atoms with E-state index >= 15 is 0 Å². The van der Waals surface area contributed by atoms with Crippen LogP contribution in [0, 0.1) is 6.92 Å². The van der Waals surface area contributed by atoms with Gasteiger partial charge in [-0.3, -0.25) is 4.99 Å². The molecule has 124 valence electrons. The molecule has 4 heteroatoms. The number of rotatable bonds is 6. The van der Waals surface area contributed by atoms with Gasteiger partial charge in [0.05, 0.1) is 11.3 Å². The largest absolute Gasteiger partial charge is 0.374 e. The molecule has 0 aliphatic heterocycles. The van der Waals surface area contributed by atoms with E-state index in [2.05, 4.69) is 51.7 Å². The number of benzene rings is 1. The van der Waals surface area contributed by atoms with Crippen molar-refractivity contribution in [1.29, 1.82) is 0 Å². The molecule has 2 rings (SSSR count). The summed E-state index contributed by atoms with van der Waals surface area (Å²) in [7, 11) is 1.74. The molecule has 0 atom stereocenters. The van der Waals surface area contributed by atoms with Gasteiger partial charge in [0.15, 0.2) is 0 Å². The Morgan fingerprint density at radius 3 is 2.65 bits per heavy atom. The normalized spacial score (nSPS) is 12.7. The van der Waals surface area contributed by atoms with Crippen molar-refractivity contribution in [2.45, 2.75) is 53.1 Å². The number of hydrogen-bond acceptors (Lipinski definition) is 4. The molecule has 0 aliphatic carbocycles. The summed E-state index contributed by atoms with van der Waals surface area (Å²) < 4.78 is 5.68. The molecule has 0 amide bonds. The molecule has 23 heavy (non-hydrogen) atoms. The molecule has 0 spiro atoms. The number of aromatic nitrogens is 1. The van der Waals surface area contributed by atoms with Crippen molar-refractivity contribution in [3.63, 3.8) is 0 Å². The highest BCUT2D eigenvalue weighted by Gasteiger charge is 2.23. The third kappa shape index (κ3) is 4.06. The summed E-state index contributed by atoms with van der Waals surface area (Å²) in [6, 6.07) is 4.33. The lowest BCUT2D eigenvalue weighted by Gasteiger charge is -2.25. The van der Waals surface area contributed by atoms with E-state index in [1.807, 2.05) is 11.6 Å². The summed E-state index contributed by atoms with van der Waals surface area (Å²) in [6.45, 7) is 10.6. The number of ether oxygens (including phenoxy) is 1. The van der Waals surface area contributed by atoms with E-state index in [4.69, 9.17) is 9.73 Å². The average Bonchev–Trinajstić information content (AvgIpc) is 3.03. The van der Waals surface area contributed by atoms with Crippen LogP contribution >= 0.6 is 11.3 Å². The first-order valence-corrected chi connectivity index (χ1v) is 8.91. The van der Waals surface area contributed by atoms with E-state index in [1.54, 1.807) is 18.4 Å². The lowest BCUT2D eigenvalue weighted by Crippen LogP contribution is -2.19. The molecule has 0 saturated heterocycles. The van der Waals surface area contributed by atoms with Gasteiger partial charge in [0.1, 0.15) is 5.01 Å². The predicted molar refractivity (Wildman–Crippen MR) is 100.0 cm³/mol. The van der Waals surface area contributed by atoms with Gasteiger partial charge in [0, 0.05) is 30.0 Å². The maximum atomic E-state index is 5.68. The first-order chi connectivity index (χ1) is 10.9. The minimum Gasteiger partial charge on any atom is -0.374 e. The van der Waals surface area contributed by atoms with E-state index < -0.39 is 0 Å². The van der Waals surface area contributed by atoms with Crippen molar-refractivity contribution in [3.8, 4) is 10.6 Å². The van der Waals surface area contributed by atoms with Crippen LogP contribution in [0.5, 0.6) is 0 Å². The summed E-state index contributed by atoms with van der Waals surface area (Å²) in [5, 5.41) is 3.04. The maximum absolute atomic E-state index is 5.68. The smallest absolute Gasteiger partial charge is 0.123 e. The molecule has 0 aliphatic rings. The first kappa shape index (κ1) is 17.8. The van der Waals surface area contributed by atoms with Crippen LogP contribution in [0.4, 0.5) is 5.69 Å². The van der Waals surface area contributed by atoms with Gasteiger partial charge in [-0.05, 0) is 57.4 Å². The number of hydrogen-bond donors (Lipinski definition) is 0. The molecule has 0 unspecified atom stereocenters. The minimum absolute atomic E-state index is 0.358. The Morgan fingerprint density at radius 1 is 1.35 bits per heavy atom.